The Balaban J connectivity index is 1.38. The van der Waals surface area contributed by atoms with Gasteiger partial charge in [-0.1, -0.05) is 18.2 Å². The number of anilines is 3. The molecule has 144 valence electrons. The predicted octanol–water partition coefficient (Wildman–Crippen LogP) is 2.82. The summed E-state index contributed by atoms with van der Waals surface area (Å²) in [6.45, 7) is 4.16. The molecule has 7 heteroatoms. The molecule has 7 nitrogen and oxygen atoms in total. The van der Waals surface area contributed by atoms with Crippen LogP contribution >= 0.6 is 0 Å². The summed E-state index contributed by atoms with van der Waals surface area (Å²) in [5.74, 6) is 2.47. The van der Waals surface area contributed by atoms with Gasteiger partial charge in [0.25, 0.3) is 0 Å². The van der Waals surface area contributed by atoms with E-state index in [0.717, 1.165) is 55.1 Å². The van der Waals surface area contributed by atoms with Crippen molar-refractivity contribution >= 4 is 17.5 Å². The molecule has 0 saturated carbocycles. The van der Waals surface area contributed by atoms with Crippen LogP contribution in [0.4, 0.5) is 17.5 Å². The number of piperazine rings is 1. The summed E-state index contributed by atoms with van der Waals surface area (Å²) < 4.78 is 5.50. The lowest BCUT2D eigenvalue weighted by Gasteiger charge is -2.36. The zero-order valence-corrected chi connectivity index (χ0v) is 16.0. The van der Waals surface area contributed by atoms with E-state index in [1.165, 1.54) is 0 Å². The molecule has 1 saturated heterocycles. The zero-order chi connectivity index (χ0) is 19.2. The molecule has 2 aromatic heterocycles. The molecular formula is C21H24N6O. The molecule has 1 aliphatic rings. The lowest BCUT2D eigenvalue weighted by atomic mass is 10.2. The van der Waals surface area contributed by atoms with Gasteiger partial charge in [0.05, 0.1) is 25.0 Å². The second-order valence-electron chi connectivity index (χ2n) is 6.56. The highest BCUT2D eigenvalue weighted by atomic mass is 16.5. The minimum absolute atomic E-state index is 0.638. The molecule has 0 radical (unpaired) electrons. The van der Waals surface area contributed by atoms with Crippen molar-refractivity contribution in [1.29, 1.82) is 0 Å². The first-order valence-electron chi connectivity index (χ1n) is 9.43. The number of pyridine rings is 1. The topological polar surface area (TPSA) is 66.4 Å². The van der Waals surface area contributed by atoms with Gasteiger partial charge in [0.1, 0.15) is 11.6 Å². The average molecular weight is 376 g/mol. The molecule has 0 bridgehead atoms. The maximum atomic E-state index is 5.50. The first-order valence-corrected chi connectivity index (χ1v) is 9.43. The van der Waals surface area contributed by atoms with Crippen LogP contribution in [-0.4, -0.2) is 48.2 Å². The van der Waals surface area contributed by atoms with Crippen LogP contribution in [0.1, 0.15) is 5.69 Å². The van der Waals surface area contributed by atoms with Gasteiger partial charge in [-0.15, -0.1) is 0 Å². The van der Waals surface area contributed by atoms with Crippen molar-refractivity contribution in [3.63, 3.8) is 0 Å². The van der Waals surface area contributed by atoms with E-state index in [1.807, 2.05) is 42.5 Å². The molecule has 1 aromatic carbocycles. The van der Waals surface area contributed by atoms with E-state index >= 15 is 0 Å². The molecule has 1 aliphatic heterocycles. The molecule has 3 aromatic rings. The molecule has 4 rings (SSSR count). The summed E-state index contributed by atoms with van der Waals surface area (Å²) >= 11 is 0. The third kappa shape index (κ3) is 4.14. The standard InChI is InChI=1S/C21H24N6O/c1-28-19-8-3-2-7-18(19)26-12-14-27(15-13-26)21-23-11-9-20(25-21)24-16-17-6-4-5-10-22-17/h2-11H,12-16H2,1H3,(H,23,24,25). The zero-order valence-electron chi connectivity index (χ0n) is 16.0. The number of rotatable bonds is 6. The van der Waals surface area contributed by atoms with Crippen LogP contribution < -0.4 is 19.9 Å². The van der Waals surface area contributed by atoms with Crippen LogP contribution in [0, 0.1) is 0 Å². The third-order valence-electron chi connectivity index (χ3n) is 4.81. The molecule has 1 fully saturated rings. The van der Waals surface area contributed by atoms with E-state index < -0.39 is 0 Å². The van der Waals surface area contributed by atoms with Crippen LogP contribution in [0.3, 0.4) is 0 Å². The molecule has 1 N–H and O–H groups in total. The van der Waals surface area contributed by atoms with Crippen molar-refractivity contribution in [2.45, 2.75) is 6.54 Å². The summed E-state index contributed by atoms with van der Waals surface area (Å²) in [5, 5.41) is 3.32. The Hall–Kier alpha value is -3.35. The Bertz CT molecular complexity index is 896. The molecule has 3 heterocycles. The van der Waals surface area contributed by atoms with Gasteiger partial charge in [-0.05, 0) is 30.3 Å². The van der Waals surface area contributed by atoms with Gasteiger partial charge in [0, 0.05) is 38.6 Å². The summed E-state index contributed by atoms with van der Waals surface area (Å²) in [6, 6.07) is 15.9. The summed E-state index contributed by atoms with van der Waals surface area (Å²) in [4.78, 5) is 18.0. The molecule has 0 amide bonds. The average Bonchev–Trinajstić information content (AvgIpc) is 2.79. The fourth-order valence-corrected chi connectivity index (χ4v) is 3.32. The highest BCUT2D eigenvalue weighted by Gasteiger charge is 2.21. The van der Waals surface area contributed by atoms with Crippen molar-refractivity contribution in [3.8, 4) is 5.75 Å². The van der Waals surface area contributed by atoms with E-state index in [4.69, 9.17) is 4.74 Å². The predicted molar refractivity (Wildman–Crippen MR) is 111 cm³/mol. The number of benzene rings is 1. The Morgan fingerprint density at radius 1 is 0.893 bits per heavy atom. The van der Waals surface area contributed by atoms with Gasteiger partial charge in [-0.25, -0.2) is 4.98 Å². The number of para-hydroxylation sites is 2. The maximum absolute atomic E-state index is 5.50. The molecule has 0 atom stereocenters. The fraction of sp³-hybridized carbons (Fsp3) is 0.286. The van der Waals surface area contributed by atoms with Crippen molar-refractivity contribution in [2.24, 2.45) is 0 Å². The monoisotopic (exact) mass is 376 g/mol. The second kappa shape index (κ2) is 8.56. The van der Waals surface area contributed by atoms with Gasteiger partial charge in [0.2, 0.25) is 5.95 Å². The van der Waals surface area contributed by atoms with E-state index in [1.54, 1.807) is 19.5 Å². The van der Waals surface area contributed by atoms with Crippen molar-refractivity contribution in [1.82, 2.24) is 15.0 Å². The number of aromatic nitrogens is 3. The van der Waals surface area contributed by atoms with Gasteiger partial charge < -0.3 is 19.9 Å². The van der Waals surface area contributed by atoms with Gasteiger partial charge >= 0.3 is 0 Å². The van der Waals surface area contributed by atoms with E-state index in [9.17, 15) is 0 Å². The Morgan fingerprint density at radius 3 is 2.46 bits per heavy atom. The number of ether oxygens (including phenoxy) is 1. The summed E-state index contributed by atoms with van der Waals surface area (Å²) in [7, 11) is 1.71. The first kappa shape index (κ1) is 18.0. The maximum Gasteiger partial charge on any atom is 0.227 e. The lowest BCUT2D eigenvalue weighted by Crippen LogP contribution is -2.47. The number of nitrogens with zero attached hydrogens (tertiary/aromatic N) is 5. The lowest BCUT2D eigenvalue weighted by molar-refractivity contribution is 0.413. The van der Waals surface area contributed by atoms with Crippen LogP contribution in [0.2, 0.25) is 0 Å². The largest absolute Gasteiger partial charge is 0.495 e. The second-order valence-corrected chi connectivity index (χ2v) is 6.56. The molecule has 0 aliphatic carbocycles. The van der Waals surface area contributed by atoms with Gasteiger partial charge in [0.15, 0.2) is 0 Å². The Kier molecular flexibility index (Phi) is 5.51. The van der Waals surface area contributed by atoms with Crippen molar-refractivity contribution in [3.05, 3.63) is 66.6 Å². The Morgan fingerprint density at radius 2 is 1.68 bits per heavy atom. The first-order chi connectivity index (χ1) is 13.8. The molecule has 0 unspecified atom stereocenters. The quantitative estimate of drug-likeness (QED) is 0.709. The van der Waals surface area contributed by atoms with Crippen molar-refractivity contribution in [2.75, 3.05) is 48.4 Å². The smallest absolute Gasteiger partial charge is 0.227 e. The fourth-order valence-electron chi connectivity index (χ4n) is 3.32. The molecule has 28 heavy (non-hydrogen) atoms. The van der Waals surface area contributed by atoms with Crippen LogP contribution in [0.25, 0.3) is 0 Å². The minimum atomic E-state index is 0.638. The number of hydrogen-bond donors (Lipinski definition) is 1. The highest BCUT2D eigenvalue weighted by molar-refractivity contribution is 5.59. The highest BCUT2D eigenvalue weighted by Crippen LogP contribution is 2.28. The van der Waals surface area contributed by atoms with E-state index in [-0.39, 0.29) is 0 Å². The van der Waals surface area contributed by atoms with Gasteiger partial charge in [-0.3, -0.25) is 4.98 Å². The number of methoxy groups -OCH3 is 1. The van der Waals surface area contributed by atoms with Crippen LogP contribution in [-0.2, 0) is 6.54 Å². The molecular weight excluding hydrogens is 352 g/mol. The summed E-state index contributed by atoms with van der Waals surface area (Å²) in [5.41, 5.74) is 2.12. The van der Waals surface area contributed by atoms with Crippen LogP contribution in [0.15, 0.2) is 60.9 Å². The number of hydrogen-bond acceptors (Lipinski definition) is 7. The summed E-state index contributed by atoms with van der Waals surface area (Å²) in [6.07, 6.45) is 3.60. The van der Waals surface area contributed by atoms with E-state index in [0.29, 0.717) is 6.54 Å². The third-order valence-corrected chi connectivity index (χ3v) is 4.81. The van der Waals surface area contributed by atoms with Crippen LogP contribution in [0.5, 0.6) is 5.75 Å². The van der Waals surface area contributed by atoms with E-state index in [2.05, 4.69) is 36.1 Å². The number of nitrogens with one attached hydrogen (secondary N) is 1. The minimum Gasteiger partial charge on any atom is -0.495 e. The SMILES string of the molecule is COc1ccccc1N1CCN(c2nccc(NCc3ccccn3)n2)CC1. The normalized spacial score (nSPS) is 14.0. The van der Waals surface area contributed by atoms with Gasteiger partial charge in [-0.2, -0.15) is 4.98 Å². The van der Waals surface area contributed by atoms with Crippen molar-refractivity contribution < 1.29 is 4.74 Å². The molecule has 0 spiro atoms. The Labute approximate surface area is 165 Å².